The Morgan fingerprint density at radius 3 is 2.94 bits per heavy atom. The molecule has 1 aromatic heterocycles. The number of hydrogen-bond acceptors (Lipinski definition) is 4. The molecule has 0 saturated carbocycles. The van der Waals surface area contributed by atoms with Gasteiger partial charge in [0.2, 0.25) is 0 Å². The van der Waals surface area contributed by atoms with Gasteiger partial charge >= 0.3 is 0 Å². The van der Waals surface area contributed by atoms with Gasteiger partial charge in [0.15, 0.2) is 5.78 Å². The molecule has 1 heterocycles. The molecule has 3 rings (SSSR count). The number of fused-ring (bicyclic) bond motifs is 2. The van der Waals surface area contributed by atoms with Crippen LogP contribution in [0.5, 0.6) is 5.75 Å². The van der Waals surface area contributed by atoms with Gasteiger partial charge in [-0.2, -0.15) is 0 Å². The monoisotopic (exact) mass is 242 g/mol. The number of nitrogens with two attached hydrogens (primary N) is 1. The molecule has 92 valence electrons. The Morgan fingerprint density at radius 1 is 1.33 bits per heavy atom. The van der Waals surface area contributed by atoms with Gasteiger partial charge in [-0.05, 0) is 18.9 Å². The molecule has 2 aromatic rings. The number of carbonyl (C=O) groups excluding carboxylic acids is 1. The van der Waals surface area contributed by atoms with Gasteiger partial charge in [0.05, 0.1) is 24.1 Å². The SMILES string of the molecule is COc1cccc2c(N)c3c(nc12)CCCC3=O. The van der Waals surface area contributed by atoms with E-state index in [1.165, 1.54) is 0 Å². The summed E-state index contributed by atoms with van der Waals surface area (Å²) in [6.45, 7) is 0. The van der Waals surface area contributed by atoms with Gasteiger partial charge in [-0.15, -0.1) is 0 Å². The van der Waals surface area contributed by atoms with Crippen LogP contribution in [0.15, 0.2) is 18.2 Å². The van der Waals surface area contributed by atoms with Crippen LogP contribution in [0, 0.1) is 0 Å². The highest BCUT2D eigenvalue weighted by molar-refractivity contribution is 6.09. The zero-order chi connectivity index (χ0) is 12.7. The summed E-state index contributed by atoms with van der Waals surface area (Å²) >= 11 is 0. The minimum absolute atomic E-state index is 0.103. The Morgan fingerprint density at radius 2 is 2.17 bits per heavy atom. The lowest BCUT2D eigenvalue weighted by Crippen LogP contribution is -2.15. The van der Waals surface area contributed by atoms with Crippen LogP contribution in [0.1, 0.15) is 28.9 Å². The van der Waals surface area contributed by atoms with Crippen molar-refractivity contribution in [2.24, 2.45) is 0 Å². The number of methoxy groups -OCH3 is 1. The fourth-order valence-corrected chi connectivity index (χ4v) is 2.53. The van der Waals surface area contributed by atoms with Crippen LogP contribution in [0.3, 0.4) is 0 Å². The van der Waals surface area contributed by atoms with Gasteiger partial charge < -0.3 is 10.5 Å². The number of benzene rings is 1. The number of pyridine rings is 1. The second-order valence-corrected chi connectivity index (χ2v) is 4.48. The molecule has 0 bridgehead atoms. The van der Waals surface area contributed by atoms with Crippen molar-refractivity contribution in [3.63, 3.8) is 0 Å². The second-order valence-electron chi connectivity index (χ2n) is 4.48. The van der Waals surface area contributed by atoms with E-state index in [0.717, 1.165) is 29.4 Å². The third-order valence-corrected chi connectivity index (χ3v) is 3.41. The quantitative estimate of drug-likeness (QED) is 0.833. The van der Waals surface area contributed by atoms with Crippen molar-refractivity contribution >= 4 is 22.4 Å². The summed E-state index contributed by atoms with van der Waals surface area (Å²) in [4.78, 5) is 16.5. The van der Waals surface area contributed by atoms with Gasteiger partial charge in [-0.1, -0.05) is 12.1 Å². The van der Waals surface area contributed by atoms with E-state index in [2.05, 4.69) is 4.98 Å². The number of rotatable bonds is 1. The fourth-order valence-electron chi connectivity index (χ4n) is 2.53. The molecule has 2 N–H and O–H groups in total. The Kier molecular flexibility index (Phi) is 2.44. The molecule has 1 aromatic carbocycles. The smallest absolute Gasteiger partial charge is 0.166 e. The summed E-state index contributed by atoms with van der Waals surface area (Å²) in [6, 6.07) is 5.59. The average Bonchev–Trinajstić information content (AvgIpc) is 2.38. The van der Waals surface area contributed by atoms with Crippen LogP contribution in [0.25, 0.3) is 10.9 Å². The van der Waals surface area contributed by atoms with E-state index in [1.807, 2.05) is 18.2 Å². The first-order valence-electron chi connectivity index (χ1n) is 6.00. The van der Waals surface area contributed by atoms with Crippen molar-refractivity contribution in [2.45, 2.75) is 19.3 Å². The van der Waals surface area contributed by atoms with Crippen LogP contribution < -0.4 is 10.5 Å². The first-order valence-corrected chi connectivity index (χ1v) is 6.00. The number of anilines is 1. The summed E-state index contributed by atoms with van der Waals surface area (Å²) < 4.78 is 5.30. The van der Waals surface area contributed by atoms with Crippen molar-refractivity contribution < 1.29 is 9.53 Å². The zero-order valence-corrected chi connectivity index (χ0v) is 10.2. The van der Waals surface area contributed by atoms with Crippen LogP contribution in [0.4, 0.5) is 5.69 Å². The predicted octanol–water partition coefficient (Wildman–Crippen LogP) is 2.34. The number of ether oxygens (including phenoxy) is 1. The van der Waals surface area contributed by atoms with Gasteiger partial charge in [-0.25, -0.2) is 4.98 Å². The highest BCUT2D eigenvalue weighted by Crippen LogP contribution is 2.34. The molecule has 0 atom stereocenters. The Bertz CT molecular complexity index is 650. The molecule has 0 aliphatic heterocycles. The molecular weight excluding hydrogens is 228 g/mol. The molecule has 0 saturated heterocycles. The van der Waals surface area contributed by atoms with E-state index in [4.69, 9.17) is 10.5 Å². The molecule has 18 heavy (non-hydrogen) atoms. The number of Topliss-reactive ketones (excluding diaryl/α,β-unsaturated/α-hetero) is 1. The summed E-state index contributed by atoms with van der Waals surface area (Å²) in [5.74, 6) is 0.797. The number of carbonyl (C=O) groups is 1. The fraction of sp³-hybridized carbons (Fsp3) is 0.286. The van der Waals surface area contributed by atoms with Crippen molar-refractivity contribution in [1.29, 1.82) is 0 Å². The molecule has 0 unspecified atom stereocenters. The van der Waals surface area contributed by atoms with E-state index in [9.17, 15) is 4.79 Å². The molecule has 0 amide bonds. The van der Waals surface area contributed by atoms with Crippen LogP contribution in [-0.2, 0) is 6.42 Å². The third kappa shape index (κ3) is 1.45. The number of aryl methyl sites for hydroxylation is 1. The largest absolute Gasteiger partial charge is 0.494 e. The molecule has 0 fully saturated rings. The summed E-state index contributed by atoms with van der Waals surface area (Å²) in [6.07, 6.45) is 2.21. The number of hydrogen-bond donors (Lipinski definition) is 1. The molecule has 4 nitrogen and oxygen atoms in total. The summed E-state index contributed by atoms with van der Waals surface area (Å²) in [5, 5.41) is 0.795. The topological polar surface area (TPSA) is 65.2 Å². The van der Waals surface area contributed by atoms with Crippen molar-refractivity contribution in [1.82, 2.24) is 4.98 Å². The molecule has 1 aliphatic rings. The standard InChI is InChI=1S/C14H14N2O2/c1-18-11-7-2-4-8-13(15)12-9(16-14(8)11)5-3-6-10(12)17/h2,4,7H,3,5-6H2,1H3,(H2,15,16). The molecule has 1 aliphatic carbocycles. The zero-order valence-electron chi connectivity index (χ0n) is 10.2. The number of ketones is 1. The number of nitrogens with zero attached hydrogens (tertiary/aromatic N) is 1. The highest BCUT2D eigenvalue weighted by Gasteiger charge is 2.23. The average molecular weight is 242 g/mol. The van der Waals surface area contributed by atoms with E-state index in [0.29, 0.717) is 23.4 Å². The first-order chi connectivity index (χ1) is 8.72. The highest BCUT2D eigenvalue weighted by atomic mass is 16.5. The van der Waals surface area contributed by atoms with E-state index in [1.54, 1.807) is 7.11 Å². The first kappa shape index (κ1) is 11.0. The lowest BCUT2D eigenvalue weighted by atomic mass is 9.92. The maximum absolute atomic E-state index is 12.0. The molecule has 0 spiro atoms. The number of nitrogen functional groups attached to an aromatic ring is 1. The van der Waals surface area contributed by atoms with Gasteiger partial charge in [0.25, 0.3) is 0 Å². The maximum atomic E-state index is 12.0. The van der Waals surface area contributed by atoms with Gasteiger partial charge in [0, 0.05) is 11.8 Å². The molecule has 4 heteroatoms. The van der Waals surface area contributed by atoms with Crippen molar-refractivity contribution in [3.05, 3.63) is 29.5 Å². The lowest BCUT2D eigenvalue weighted by Gasteiger charge is -2.18. The minimum Gasteiger partial charge on any atom is -0.494 e. The predicted molar refractivity (Wildman–Crippen MR) is 70.0 cm³/mol. The summed E-state index contributed by atoms with van der Waals surface area (Å²) in [7, 11) is 1.61. The number of aromatic nitrogens is 1. The van der Waals surface area contributed by atoms with E-state index in [-0.39, 0.29) is 5.78 Å². The third-order valence-electron chi connectivity index (χ3n) is 3.41. The van der Waals surface area contributed by atoms with Crippen LogP contribution in [0.2, 0.25) is 0 Å². The second kappa shape index (κ2) is 3.98. The Labute approximate surface area is 105 Å². The van der Waals surface area contributed by atoms with E-state index >= 15 is 0 Å². The Hall–Kier alpha value is -2.10. The van der Waals surface area contributed by atoms with Crippen molar-refractivity contribution in [2.75, 3.05) is 12.8 Å². The van der Waals surface area contributed by atoms with Gasteiger partial charge in [0.1, 0.15) is 11.3 Å². The maximum Gasteiger partial charge on any atom is 0.166 e. The molecule has 0 radical (unpaired) electrons. The Balaban J connectivity index is 2.40. The van der Waals surface area contributed by atoms with E-state index < -0.39 is 0 Å². The van der Waals surface area contributed by atoms with Gasteiger partial charge in [-0.3, -0.25) is 4.79 Å². The van der Waals surface area contributed by atoms with Crippen LogP contribution in [-0.4, -0.2) is 17.9 Å². The van der Waals surface area contributed by atoms with Crippen molar-refractivity contribution in [3.8, 4) is 5.75 Å². The molecular formula is C14H14N2O2. The van der Waals surface area contributed by atoms with Crippen LogP contribution >= 0.6 is 0 Å². The lowest BCUT2D eigenvalue weighted by molar-refractivity contribution is 0.0972. The summed E-state index contributed by atoms with van der Waals surface area (Å²) in [5.41, 5.74) is 8.84. The normalized spacial score (nSPS) is 14.6. The minimum atomic E-state index is 0.103. The number of para-hydroxylation sites is 1.